The van der Waals surface area contributed by atoms with E-state index in [-0.39, 0.29) is 56.5 Å². The summed E-state index contributed by atoms with van der Waals surface area (Å²) in [5.74, 6) is 0.843. The minimum Gasteiger partial charge on any atom is -0.493 e. The molecule has 145 valence electrons. The van der Waals surface area contributed by atoms with E-state index in [0.29, 0.717) is 29.4 Å². The van der Waals surface area contributed by atoms with Gasteiger partial charge in [-0.2, -0.15) is 6.07 Å². The quantitative estimate of drug-likeness (QED) is 0.406. The van der Waals surface area contributed by atoms with Crippen LogP contribution in [0.4, 0.5) is 0 Å². The Balaban J connectivity index is 0.00000261. The van der Waals surface area contributed by atoms with Crippen LogP contribution in [0.5, 0.6) is 5.75 Å². The molecule has 0 bridgehead atoms. The molecule has 3 rings (SSSR count). The van der Waals surface area contributed by atoms with E-state index in [9.17, 15) is 10.2 Å². The van der Waals surface area contributed by atoms with Gasteiger partial charge in [0, 0.05) is 49.0 Å². The van der Waals surface area contributed by atoms with E-state index in [0.717, 1.165) is 19.3 Å². The Hall–Kier alpha value is 0.324. The first kappa shape index (κ1) is 23.6. The first-order valence-corrected chi connectivity index (χ1v) is 10.5. The van der Waals surface area contributed by atoms with Gasteiger partial charge >= 0.3 is 0 Å². The second-order valence-electron chi connectivity index (χ2n) is 6.82. The van der Waals surface area contributed by atoms with Gasteiger partial charge in [-0.1, -0.05) is 24.4 Å². The van der Waals surface area contributed by atoms with Crippen molar-refractivity contribution in [2.24, 2.45) is 11.8 Å². The number of alkyl halides is 1. The largest absolute Gasteiger partial charge is 0.493 e. The molecule has 1 aliphatic rings. The van der Waals surface area contributed by atoms with E-state index in [2.05, 4.69) is 11.4 Å². The third-order valence-corrected chi connectivity index (χ3v) is 6.60. The Labute approximate surface area is 199 Å². The number of halogens is 2. The smallest absolute Gasteiger partial charge is 0.121 e. The van der Waals surface area contributed by atoms with Crippen molar-refractivity contribution >= 4 is 34.5 Å². The molecule has 1 fully saturated rings. The number of thiophene rings is 1. The molecule has 2 aromatic rings. The summed E-state index contributed by atoms with van der Waals surface area (Å²) in [6.07, 6.45) is 3.18. The van der Waals surface area contributed by atoms with Gasteiger partial charge in [-0.15, -0.1) is 21.9 Å². The summed E-state index contributed by atoms with van der Waals surface area (Å²) in [7, 11) is 0. The standard InChI is InChI=1S/C20H23Cl2O3S.Y/c21-14-7-13(11-23)8-15(9-14)25-12-18-17(19(22)10-20(18)24)5-1-3-16-4-2-6-26-16;/h2,4,7-9,17-20,23-24H,1,3,5,10-12H2;/q-1;/t17-,18-,19+,20-;/m1./s1. The zero-order valence-electron chi connectivity index (χ0n) is 15.0. The Kier molecular flexibility index (Phi) is 10.0. The van der Waals surface area contributed by atoms with E-state index in [4.69, 9.17) is 27.9 Å². The monoisotopic (exact) mass is 502 g/mol. The van der Waals surface area contributed by atoms with Gasteiger partial charge in [-0.25, -0.2) is 6.07 Å². The van der Waals surface area contributed by atoms with Crippen LogP contribution in [0.3, 0.4) is 0 Å². The first-order chi connectivity index (χ1) is 12.6. The Morgan fingerprint density at radius 2 is 2.07 bits per heavy atom. The van der Waals surface area contributed by atoms with Gasteiger partial charge < -0.3 is 26.3 Å². The number of hydrogen-bond donors (Lipinski definition) is 2. The third kappa shape index (κ3) is 6.67. The predicted molar refractivity (Wildman–Crippen MR) is 106 cm³/mol. The van der Waals surface area contributed by atoms with E-state index < -0.39 is 6.10 Å². The SMILES string of the molecule is OCc1cc(Cl)cc(OC[C@@H]2[C@@H](CCCc3cc[c-]s3)[C@@H](Cl)C[C@H]2O)c1.[Y]. The van der Waals surface area contributed by atoms with Gasteiger partial charge in [-0.05, 0) is 42.5 Å². The predicted octanol–water partition coefficient (Wildman–Crippen LogP) is 4.70. The van der Waals surface area contributed by atoms with E-state index in [1.165, 1.54) is 4.88 Å². The molecule has 1 aromatic heterocycles. The summed E-state index contributed by atoms with van der Waals surface area (Å²) in [6.45, 7) is 0.308. The summed E-state index contributed by atoms with van der Waals surface area (Å²) in [6, 6.07) is 9.26. The molecule has 1 saturated carbocycles. The molecule has 1 aromatic carbocycles. The van der Waals surface area contributed by atoms with Crippen LogP contribution in [0.1, 0.15) is 29.7 Å². The number of hydrogen-bond acceptors (Lipinski definition) is 4. The van der Waals surface area contributed by atoms with Crippen LogP contribution in [0.2, 0.25) is 5.02 Å². The summed E-state index contributed by atoms with van der Waals surface area (Å²) in [5.41, 5.74) is 0.707. The normalized spacial score (nSPS) is 24.6. The fourth-order valence-corrected chi connectivity index (χ4v) is 5.08. The number of benzene rings is 1. The van der Waals surface area contributed by atoms with Crippen LogP contribution in [0, 0.1) is 17.2 Å². The second kappa shape index (κ2) is 11.5. The van der Waals surface area contributed by atoms with Crippen molar-refractivity contribution in [2.45, 2.75) is 43.8 Å². The summed E-state index contributed by atoms with van der Waals surface area (Å²) in [4.78, 5) is 1.33. The Morgan fingerprint density at radius 3 is 2.78 bits per heavy atom. The average molecular weight is 503 g/mol. The van der Waals surface area contributed by atoms with Crippen molar-refractivity contribution in [1.82, 2.24) is 0 Å². The molecule has 1 heterocycles. The fourth-order valence-electron chi connectivity index (χ4n) is 3.67. The molecule has 27 heavy (non-hydrogen) atoms. The van der Waals surface area contributed by atoms with Crippen LogP contribution in [0.25, 0.3) is 0 Å². The van der Waals surface area contributed by atoms with E-state index >= 15 is 0 Å². The molecule has 7 heteroatoms. The minimum atomic E-state index is -0.450. The van der Waals surface area contributed by atoms with Crippen molar-refractivity contribution in [3.63, 3.8) is 0 Å². The van der Waals surface area contributed by atoms with Crippen molar-refractivity contribution in [3.05, 3.63) is 51.2 Å². The molecular formula is C20H23Cl2O3SY-. The number of aliphatic hydroxyl groups excluding tert-OH is 2. The maximum Gasteiger partial charge on any atom is 0.121 e. The van der Waals surface area contributed by atoms with E-state index in [1.54, 1.807) is 29.5 Å². The van der Waals surface area contributed by atoms with Crippen LogP contribution < -0.4 is 4.74 Å². The summed E-state index contributed by atoms with van der Waals surface area (Å²) >= 11 is 14.2. The maximum atomic E-state index is 10.4. The maximum absolute atomic E-state index is 10.4. The molecular weight excluding hydrogens is 480 g/mol. The Bertz CT molecular complexity index is 699. The number of ether oxygens (including phenoxy) is 1. The minimum absolute atomic E-state index is 0. The number of aryl methyl sites for hydroxylation is 1. The van der Waals surface area contributed by atoms with E-state index in [1.807, 2.05) is 6.07 Å². The number of rotatable bonds is 8. The van der Waals surface area contributed by atoms with Crippen LogP contribution >= 0.6 is 34.5 Å². The zero-order chi connectivity index (χ0) is 18.5. The van der Waals surface area contributed by atoms with Gasteiger partial charge in [0.2, 0.25) is 0 Å². The van der Waals surface area contributed by atoms with Gasteiger partial charge in [0.15, 0.2) is 0 Å². The molecule has 4 atom stereocenters. The Morgan fingerprint density at radius 1 is 1.26 bits per heavy atom. The van der Waals surface area contributed by atoms with Gasteiger partial charge in [-0.3, -0.25) is 0 Å². The van der Waals surface area contributed by atoms with Gasteiger partial charge in [0.1, 0.15) is 5.75 Å². The van der Waals surface area contributed by atoms with Crippen LogP contribution in [-0.4, -0.2) is 28.3 Å². The average Bonchev–Trinajstić information content (AvgIpc) is 3.21. The van der Waals surface area contributed by atoms with Crippen molar-refractivity contribution in [3.8, 4) is 5.75 Å². The van der Waals surface area contributed by atoms with Crippen LogP contribution in [0.15, 0.2) is 30.3 Å². The van der Waals surface area contributed by atoms with Crippen molar-refractivity contribution in [1.29, 1.82) is 0 Å². The van der Waals surface area contributed by atoms with Crippen LogP contribution in [-0.2, 0) is 45.7 Å². The first-order valence-electron chi connectivity index (χ1n) is 8.87. The summed E-state index contributed by atoms with van der Waals surface area (Å²) < 4.78 is 5.90. The number of aliphatic hydroxyl groups is 2. The molecule has 3 nitrogen and oxygen atoms in total. The molecule has 0 aliphatic heterocycles. The summed E-state index contributed by atoms with van der Waals surface area (Å²) in [5, 5.41) is 23.3. The zero-order valence-corrected chi connectivity index (χ0v) is 20.1. The fraction of sp³-hybridized carbons (Fsp3) is 0.500. The molecule has 0 saturated heterocycles. The molecule has 0 unspecified atom stereocenters. The molecule has 1 aliphatic carbocycles. The molecule has 0 amide bonds. The van der Waals surface area contributed by atoms with Crippen molar-refractivity contribution < 1.29 is 47.7 Å². The third-order valence-electron chi connectivity index (χ3n) is 5.02. The van der Waals surface area contributed by atoms with Gasteiger partial charge in [0.05, 0.1) is 19.3 Å². The molecule has 0 spiro atoms. The van der Waals surface area contributed by atoms with Crippen molar-refractivity contribution in [2.75, 3.05) is 6.61 Å². The molecule has 1 radical (unpaired) electrons. The van der Waals surface area contributed by atoms with Gasteiger partial charge in [0.25, 0.3) is 0 Å². The topological polar surface area (TPSA) is 49.7 Å². The molecule has 2 N–H and O–H groups in total. The second-order valence-corrected chi connectivity index (χ2v) is 8.78.